The standard InChI is InChI=1S/C14H23N4O12P3/c15-4-2-1-3-9-6-18(14(20)17-13(9)16)12-5-10(19)11(29-12)7-28-33(26,27)30-32(24,25)8-31(21,22)23/h6,10-12,19H,2,4-5,7-8,15H2,(H,24,25)(H,26,27)(H2,16,17,20)(H2,21,22,23)/t10-,11+,12+/m0/s1. The second-order valence-electron chi connectivity index (χ2n) is 6.79. The van der Waals surface area contributed by atoms with E-state index in [1.165, 1.54) is 6.20 Å². The molecule has 0 saturated carbocycles. The van der Waals surface area contributed by atoms with E-state index in [9.17, 15) is 33.4 Å². The van der Waals surface area contributed by atoms with Crippen LogP contribution in [0.15, 0.2) is 11.0 Å². The van der Waals surface area contributed by atoms with Gasteiger partial charge >= 0.3 is 28.7 Å². The van der Waals surface area contributed by atoms with Crippen molar-refractivity contribution >= 4 is 28.8 Å². The van der Waals surface area contributed by atoms with Crippen molar-refractivity contribution < 1.29 is 51.9 Å². The molecule has 5 atom stereocenters. The van der Waals surface area contributed by atoms with Gasteiger partial charge in [0, 0.05) is 25.6 Å². The average molecular weight is 532 g/mol. The summed E-state index contributed by atoms with van der Waals surface area (Å²) in [6, 6.07) is 0. The molecule has 1 fully saturated rings. The summed E-state index contributed by atoms with van der Waals surface area (Å²) < 4.78 is 49.3. The van der Waals surface area contributed by atoms with E-state index in [2.05, 4.69) is 25.7 Å². The van der Waals surface area contributed by atoms with Gasteiger partial charge in [-0.05, 0) is 0 Å². The fourth-order valence-electron chi connectivity index (χ4n) is 2.66. The minimum absolute atomic E-state index is 0.124. The first kappa shape index (κ1) is 27.8. The van der Waals surface area contributed by atoms with Crippen LogP contribution >= 0.6 is 23.0 Å². The van der Waals surface area contributed by atoms with Gasteiger partial charge in [-0.1, -0.05) is 11.8 Å². The van der Waals surface area contributed by atoms with Gasteiger partial charge in [0.05, 0.1) is 18.3 Å². The maximum Gasteiger partial charge on any atom is 0.479 e. The van der Waals surface area contributed by atoms with E-state index in [1.807, 2.05) is 0 Å². The molecule has 1 aromatic heterocycles. The van der Waals surface area contributed by atoms with Gasteiger partial charge in [0.15, 0.2) is 5.90 Å². The van der Waals surface area contributed by atoms with Crippen LogP contribution in [-0.4, -0.2) is 65.5 Å². The number of rotatable bonds is 9. The lowest BCUT2D eigenvalue weighted by molar-refractivity contribution is -0.0447. The van der Waals surface area contributed by atoms with Crippen molar-refractivity contribution in [3.63, 3.8) is 0 Å². The lowest BCUT2D eigenvalue weighted by Crippen LogP contribution is -2.29. The minimum atomic E-state index is -5.28. The topological polar surface area (TPSA) is 267 Å². The van der Waals surface area contributed by atoms with Crippen molar-refractivity contribution in [3.8, 4) is 11.8 Å². The molecule has 1 aromatic rings. The number of aromatic nitrogens is 2. The van der Waals surface area contributed by atoms with Gasteiger partial charge in [0.2, 0.25) is 0 Å². The number of phosphoric acid groups is 1. The van der Waals surface area contributed by atoms with Gasteiger partial charge in [0.25, 0.3) is 0 Å². The monoisotopic (exact) mass is 532 g/mol. The maximum atomic E-state index is 12.2. The van der Waals surface area contributed by atoms with Crippen LogP contribution in [0.5, 0.6) is 0 Å². The first-order chi connectivity index (χ1) is 15.1. The SMILES string of the molecule is NCCC#Cc1cn([C@H]2C[C@H](O)[C@@H](COP(=O)(O)OP(=O)(O)CP(=O)(O)O)O2)c(=O)nc1N. The van der Waals surface area contributed by atoms with E-state index in [0.29, 0.717) is 13.0 Å². The summed E-state index contributed by atoms with van der Waals surface area (Å²) in [5.41, 5.74) is 10.4. The molecular weight excluding hydrogens is 509 g/mol. The summed E-state index contributed by atoms with van der Waals surface area (Å²) >= 11 is 0. The summed E-state index contributed by atoms with van der Waals surface area (Å²) in [6.07, 6.45) is -2.20. The highest BCUT2D eigenvalue weighted by atomic mass is 31.3. The summed E-state index contributed by atoms with van der Waals surface area (Å²) in [5, 5.41) is 10.2. The third-order valence-electron chi connectivity index (χ3n) is 3.98. The first-order valence-electron chi connectivity index (χ1n) is 9.08. The molecule has 0 radical (unpaired) electrons. The molecule has 33 heavy (non-hydrogen) atoms. The van der Waals surface area contributed by atoms with Crippen LogP contribution in [0.4, 0.5) is 5.82 Å². The number of nitrogen functional groups attached to an aromatic ring is 1. The van der Waals surface area contributed by atoms with Gasteiger partial charge < -0.3 is 40.9 Å². The zero-order chi connectivity index (χ0) is 25.0. The number of aliphatic hydroxyl groups is 1. The van der Waals surface area contributed by atoms with Crippen LogP contribution in [-0.2, 0) is 27.3 Å². The predicted octanol–water partition coefficient (Wildman–Crippen LogP) is -1.37. The molecule has 1 aliphatic rings. The molecule has 0 spiro atoms. The first-order valence-corrected chi connectivity index (χ1v) is 14.1. The molecular formula is C14H23N4O12P3. The number of ether oxygens (including phenoxy) is 1. The van der Waals surface area contributed by atoms with Crippen molar-refractivity contribution in [3.05, 3.63) is 22.2 Å². The summed E-state index contributed by atoms with van der Waals surface area (Å²) in [5.74, 6) is 3.60. The Morgan fingerprint density at radius 3 is 2.55 bits per heavy atom. The average Bonchev–Trinajstić information content (AvgIpc) is 2.99. The zero-order valence-electron chi connectivity index (χ0n) is 16.8. The van der Waals surface area contributed by atoms with Crippen molar-refractivity contribution in [1.29, 1.82) is 0 Å². The molecule has 0 aromatic carbocycles. The molecule has 0 bridgehead atoms. The molecule has 19 heteroatoms. The van der Waals surface area contributed by atoms with E-state index >= 15 is 0 Å². The summed E-state index contributed by atoms with van der Waals surface area (Å²) in [6.45, 7) is -0.523. The number of phosphoric ester groups is 1. The van der Waals surface area contributed by atoms with E-state index in [4.69, 9.17) is 26.0 Å². The van der Waals surface area contributed by atoms with Crippen LogP contribution in [0.3, 0.4) is 0 Å². The largest absolute Gasteiger partial charge is 0.479 e. The highest BCUT2D eigenvalue weighted by Crippen LogP contribution is 2.65. The van der Waals surface area contributed by atoms with E-state index in [-0.39, 0.29) is 17.8 Å². The molecule has 2 unspecified atom stereocenters. The fourth-order valence-corrected chi connectivity index (χ4v) is 7.01. The normalized spacial score (nSPS) is 24.5. The molecule has 1 aliphatic heterocycles. The van der Waals surface area contributed by atoms with Gasteiger partial charge in [-0.15, -0.1) is 0 Å². The lowest BCUT2D eigenvalue weighted by Gasteiger charge is -2.20. The summed E-state index contributed by atoms with van der Waals surface area (Å²) in [4.78, 5) is 52.2. The van der Waals surface area contributed by atoms with E-state index in [1.54, 1.807) is 0 Å². The Labute approximate surface area is 186 Å². The molecule has 2 rings (SSSR count). The molecule has 16 nitrogen and oxygen atoms in total. The van der Waals surface area contributed by atoms with Crippen molar-refractivity contribution in [1.82, 2.24) is 9.55 Å². The molecule has 1 saturated heterocycles. The second-order valence-corrected chi connectivity index (χ2v) is 12.4. The molecule has 2 heterocycles. The number of aliphatic hydroxyl groups excluding tert-OH is 1. The predicted molar refractivity (Wildman–Crippen MR) is 112 cm³/mol. The third kappa shape index (κ3) is 8.70. The van der Waals surface area contributed by atoms with Crippen LogP contribution in [0.2, 0.25) is 0 Å². The highest BCUT2D eigenvalue weighted by Gasteiger charge is 2.41. The number of anilines is 1. The van der Waals surface area contributed by atoms with Crippen molar-refractivity contribution in [2.45, 2.75) is 31.3 Å². The van der Waals surface area contributed by atoms with Gasteiger partial charge in [-0.2, -0.15) is 4.98 Å². The second kappa shape index (κ2) is 10.9. The van der Waals surface area contributed by atoms with Crippen LogP contribution < -0.4 is 17.2 Å². The highest BCUT2D eigenvalue weighted by molar-refractivity contribution is 7.73. The Morgan fingerprint density at radius 2 is 1.94 bits per heavy atom. The van der Waals surface area contributed by atoms with E-state index < -0.39 is 59.6 Å². The Balaban J connectivity index is 2.08. The van der Waals surface area contributed by atoms with Crippen LogP contribution in [0.1, 0.15) is 24.6 Å². The number of hydrogen-bond acceptors (Lipinski definition) is 11. The fraction of sp³-hybridized carbons (Fsp3) is 0.571. The molecule has 186 valence electrons. The van der Waals surface area contributed by atoms with Gasteiger partial charge in [-0.3, -0.25) is 18.2 Å². The smallest absolute Gasteiger partial charge is 0.390 e. The van der Waals surface area contributed by atoms with Crippen LogP contribution in [0, 0.1) is 11.8 Å². The number of nitrogens with zero attached hydrogens (tertiary/aromatic N) is 2. The Hall–Kier alpha value is -1.43. The van der Waals surface area contributed by atoms with E-state index in [0.717, 1.165) is 4.57 Å². The van der Waals surface area contributed by atoms with Gasteiger partial charge in [0.1, 0.15) is 18.1 Å². The number of nitrogens with two attached hydrogens (primary N) is 2. The number of hydrogen-bond donors (Lipinski definition) is 7. The zero-order valence-corrected chi connectivity index (χ0v) is 19.5. The Morgan fingerprint density at radius 1 is 1.27 bits per heavy atom. The molecule has 0 amide bonds. The van der Waals surface area contributed by atoms with Crippen molar-refractivity contribution in [2.24, 2.45) is 5.73 Å². The quantitative estimate of drug-likeness (QED) is 0.143. The van der Waals surface area contributed by atoms with Crippen LogP contribution in [0.25, 0.3) is 0 Å². The molecule has 0 aliphatic carbocycles. The summed E-state index contributed by atoms with van der Waals surface area (Å²) in [7, 11) is -15.5. The Kier molecular flexibility index (Phi) is 9.17. The van der Waals surface area contributed by atoms with Gasteiger partial charge in [-0.25, -0.2) is 13.7 Å². The maximum absolute atomic E-state index is 12.2. The molecule has 9 N–H and O–H groups in total. The Bertz CT molecular complexity index is 1120. The third-order valence-corrected chi connectivity index (χ3v) is 9.21. The van der Waals surface area contributed by atoms with Crippen molar-refractivity contribution in [2.75, 3.05) is 24.8 Å². The lowest BCUT2D eigenvalue weighted by atomic mass is 10.2. The minimum Gasteiger partial charge on any atom is -0.390 e.